The average Bonchev–Trinajstić information content (AvgIpc) is 2.96. The van der Waals surface area contributed by atoms with Crippen LogP contribution in [0.15, 0.2) is 84.9 Å². The number of pyridine rings is 2. The lowest BCUT2D eigenvalue weighted by Gasteiger charge is -2.30. The zero-order valence-electron chi connectivity index (χ0n) is 22.4. The zero-order valence-corrected chi connectivity index (χ0v) is 23.9. The van der Waals surface area contributed by atoms with Gasteiger partial charge in [-0.3, -0.25) is 0 Å². The number of benzene rings is 4. The Morgan fingerprint density at radius 2 is 0.975 bits per heavy atom. The van der Waals surface area contributed by atoms with E-state index < -0.39 is 0 Å². The van der Waals surface area contributed by atoms with E-state index in [4.69, 9.17) is 38.9 Å². The molecule has 0 unspecified atom stereocenters. The maximum absolute atomic E-state index is 6.46. The first kappa shape index (κ1) is 26.8. The van der Waals surface area contributed by atoms with Crippen LogP contribution < -0.4 is 10.6 Å². The number of hydrogen-bond acceptors (Lipinski definition) is 4. The van der Waals surface area contributed by atoms with Crippen molar-refractivity contribution in [2.45, 2.75) is 38.5 Å². The van der Waals surface area contributed by atoms with E-state index in [0.717, 1.165) is 87.3 Å². The first-order valence-electron chi connectivity index (χ1n) is 14.1. The van der Waals surface area contributed by atoms with E-state index in [9.17, 15) is 0 Å². The number of nitrogens with zero attached hydrogens (tertiary/aromatic N) is 3. The number of hydrogen-bond donors (Lipinski definition) is 1. The van der Waals surface area contributed by atoms with Crippen LogP contribution in [0.2, 0.25) is 10.0 Å². The number of unbranched alkanes of at least 4 members (excludes halogenated alkanes) is 5. The van der Waals surface area contributed by atoms with Gasteiger partial charge < -0.3 is 10.6 Å². The van der Waals surface area contributed by atoms with E-state index in [-0.39, 0.29) is 0 Å². The van der Waals surface area contributed by atoms with Crippen molar-refractivity contribution in [3.63, 3.8) is 0 Å². The summed E-state index contributed by atoms with van der Waals surface area (Å²) in [5.74, 6) is 0. The van der Waals surface area contributed by atoms with Crippen molar-refractivity contribution in [3.8, 4) is 0 Å². The fourth-order valence-corrected chi connectivity index (χ4v) is 6.06. The molecule has 2 aromatic heterocycles. The molecule has 0 fully saturated rings. The van der Waals surface area contributed by atoms with E-state index in [1.54, 1.807) is 0 Å². The molecule has 0 aliphatic heterocycles. The van der Waals surface area contributed by atoms with Gasteiger partial charge in [0, 0.05) is 38.1 Å². The van der Waals surface area contributed by atoms with Crippen LogP contribution in [0, 0.1) is 0 Å². The predicted octanol–water partition coefficient (Wildman–Crippen LogP) is 9.83. The minimum absolute atomic E-state index is 0.680. The molecule has 0 radical (unpaired) electrons. The molecule has 0 spiro atoms. The SMILES string of the molecule is NCCCCCCCCN(c1c2ccccc2nc2cc(Cl)ccc12)c1c2ccccc2nc2cc(Cl)ccc12. The van der Waals surface area contributed by atoms with E-state index in [2.05, 4.69) is 53.4 Å². The van der Waals surface area contributed by atoms with Gasteiger partial charge in [0.2, 0.25) is 0 Å². The summed E-state index contributed by atoms with van der Waals surface area (Å²) in [5.41, 5.74) is 11.7. The van der Waals surface area contributed by atoms with Gasteiger partial charge in [-0.2, -0.15) is 0 Å². The highest BCUT2D eigenvalue weighted by Gasteiger charge is 2.22. The lowest BCUT2D eigenvalue weighted by molar-refractivity contribution is 0.600. The summed E-state index contributed by atoms with van der Waals surface area (Å²) in [4.78, 5) is 12.5. The van der Waals surface area contributed by atoms with Crippen LogP contribution in [-0.4, -0.2) is 23.1 Å². The van der Waals surface area contributed by atoms with Crippen molar-refractivity contribution in [3.05, 3.63) is 95.0 Å². The Morgan fingerprint density at radius 3 is 1.50 bits per heavy atom. The zero-order chi connectivity index (χ0) is 27.5. The van der Waals surface area contributed by atoms with Gasteiger partial charge in [0.1, 0.15) is 0 Å². The first-order valence-corrected chi connectivity index (χ1v) is 14.8. The standard InChI is InChI=1S/C34H32Cl2N4/c35-23-15-17-27-31(21-23)38-29-13-7-5-11-25(29)33(27)40(20-10-4-2-1-3-9-19-37)34-26-12-6-8-14-30(26)39-32-22-24(36)16-18-28(32)34/h5-8,11-18,21-22H,1-4,9-10,19-20,37H2. The Labute approximate surface area is 244 Å². The summed E-state index contributed by atoms with van der Waals surface area (Å²) >= 11 is 12.9. The largest absolute Gasteiger partial charge is 0.339 e. The Balaban J connectivity index is 1.59. The summed E-state index contributed by atoms with van der Waals surface area (Å²) in [6.45, 7) is 1.63. The molecule has 6 aromatic rings. The normalized spacial score (nSPS) is 11.7. The highest BCUT2D eigenvalue weighted by molar-refractivity contribution is 6.32. The molecule has 0 saturated heterocycles. The van der Waals surface area contributed by atoms with Gasteiger partial charge in [-0.15, -0.1) is 0 Å². The topological polar surface area (TPSA) is 55.0 Å². The van der Waals surface area contributed by atoms with Gasteiger partial charge in [-0.1, -0.05) is 85.3 Å². The first-order chi connectivity index (χ1) is 19.6. The third-order valence-corrected chi connectivity index (χ3v) is 8.08. The molecule has 40 heavy (non-hydrogen) atoms. The fraction of sp³-hybridized carbons (Fsp3) is 0.235. The Kier molecular flexibility index (Phi) is 8.01. The Hall–Kier alpha value is -3.44. The van der Waals surface area contributed by atoms with Gasteiger partial charge in [0.15, 0.2) is 0 Å². The highest BCUT2D eigenvalue weighted by Crippen LogP contribution is 2.44. The quantitative estimate of drug-likeness (QED) is 0.132. The summed E-state index contributed by atoms with van der Waals surface area (Å²) in [6, 6.07) is 28.8. The van der Waals surface area contributed by atoms with E-state index in [1.807, 2.05) is 36.4 Å². The molecule has 0 bridgehead atoms. The number of anilines is 2. The third kappa shape index (κ3) is 5.32. The van der Waals surface area contributed by atoms with Crippen molar-refractivity contribution in [2.75, 3.05) is 18.0 Å². The van der Waals surface area contributed by atoms with Crippen LogP contribution in [0.25, 0.3) is 43.6 Å². The summed E-state index contributed by atoms with van der Waals surface area (Å²) in [7, 11) is 0. The summed E-state index contributed by atoms with van der Waals surface area (Å²) in [6.07, 6.45) is 6.92. The van der Waals surface area contributed by atoms with Crippen molar-refractivity contribution in [1.82, 2.24) is 9.97 Å². The van der Waals surface area contributed by atoms with Crippen LogP contribution in [0.4, 0.5) is 11.4 Å². The smallest absolute Gasteiger partial charge is 0.0745 e. The minimum atomic E-state index is 0.680. The molecule has 2 N–H and O–H groups in total. The monoisotopic (exact) mass is 566 g/mol. The molecule has 6 rings (SSSR count). The number of fused-ring (bicyclic) bond motifs is 4. The highest BCUT2D eigenvalue weighted by atomic mass is 35.5. The average molecular weight is 568 g/mol. The second kappa shape index (κ2) is 12.0. The summed E-state index contributed by atoms with van der Waals surface area (Å²) in [5, 5.41) is 5.74. The van der Waals surface area contributed by atoms with Crippen LogP contribution in [0.1, 0.15) is 38.5 Å². The molecule has 0 amide bonds. The molecule has 202 valence electrons. The Morgan fingerprint density at radius 1 is 0.525 bits per heavy atom. The van der Waals surface area contributed by atoms with Crippen molar-refractivity contribution >= 4 is 78.2 Å². The predicted molar refractivity (Wildman–Crippen MR) is 172 cm³/mol. The molecule has 0 saturated carbocycles. The molecular formula is C34H32Cl2N4. The molecule has 0 atom stereocenters. The number of aromatic nitrogens is 2. The molecule has 6 heteroatoms. The minimum Gasteiger partial charge on any atom is -0.339 e. The van der Waals surface area contributed by atoms with Crippen molar-refractivity contribution in [1.29, 1.82) is 0 Å². The van der Waals surface area contributed by atoms with Gasteiger partial charge in [-0.05, 0) is 67.9 Å². The fourth-order valence-electron chi connectivity index (χ4n) is 5.73. The van der Waals surface area contributed by atoms with E-state index in [0.29, 0.717) is 10.0 Å². The van der Waals surface area contributed by atoms with Crippen LogP contribution in [0.5, 0.6) is 0 Å². The van der Waals surface area contributed by atoms with Gasteiger partial charge in [0.05, 0.1) is 33.4 Å². The van der Waals surface area contributed by atoms with E-state index in [1.165, 1.54) is 19.3 Å². The second-order valence-electron chi connectivity index (χ2n) is 10.3. The number of para-hydroxylation sites is 2. The van der Waals surface area contributed by atoms with Crippen molar-refractivity contribution < 1.29 is 0 Å². The van der Waals surface area contributed by atoms with Crippen LogP contribution in [0.3, 0.4) is 0 Å². The maximum Gasteiger partial charge on any atom is 0.0745 e. The maximum atomic E-state index is 6.46. The van der Waals surface area contributed by atoms with Crippen LogP contribution in [-0.2, 0) is 0 Å². The molecule has 2 heterocycles. The molecule has 4 aromatic carbocycles. The molecular weight excluding hydrogens is 535 g/mol. The number of rotatable bonds is 10. The van der Waals surface area contributed by atoms with Crippen LogP contribution >= 0.6 is 23.2 Å². The number of nitrogens with two attached hydrogens (primary N) is 1. The third-order valence-electron chi connectivity index (χ3n) is 7.61. The number of halogens is 2. The molecule has 0 aliphatic carbocycles. The molecule has 0 aliphatic rings. The lowest BCUT2D eigenvalue weighted by atomic mass is 10.0. The van der Waals surface area contributed by atoms with Crippen molar-refractivity contribution in [2.24, 2.45) is 5.73 Å². The summed E-state index contributed by atoms with van der Waals surface area (Å²) < 4.78 is 0. The second-order valence-corrected chi connectivity index (χ2v) is 11.2. The molecule has 4 nitrogen and oxygen atoms in total. The lowest BCUT2D eigenvalue weighted by Crippen LogP contribution is -2.20. The Bertz CT molecular complexity index is 1690. The van der Waals surface area contributed by atoms with E-state index >= 15 is 0 Å². The van der Waals surface area contributed by atoms with Gasteiger partial charge in [-0.25, -0.2) is 9.97 Å². The van der Waals surface area contributed by atoms with Gasteiger partial charge in [0.25, 0.3) is 0 Å². The van der Waals surface area contributed by atoms with Gasteiger partial charge >= 0.3 is 0 Å².